The molecule has 1 aromatic rings. The van der Waals surface area contributed by atoms with Gasteiger partial charge in [0.2, 0.25) is 0 Å². The number of anilines is 2. The molecule has 22 heavy (non-hydrogen) atoms. The van der Waals surface area contributed by atoms with Crippen LogP contribution in [0.5, 0.6) is 0 Å². The predicted molar refractivity (Wildman–Crippen MR) is 86.3 cm³/mol. The third-order valence-electron chi connectivity index (χ3n) is 4.77. The zero-order chi connectivity index (χ0) is 15.4. The fourth-order valence-corrected chi connectivity index (χ4v) is 3.34. The van der Waals surface area contributed by atoms with Gasteiger partial charge in [-0.25, -0.2) is 9.97 Å². The van der Waals surface area contributed by atoms with E-state index in [-0.39, 0.29) is 6.10 Å². The zero-order valence-corrected chi connectivity index (χ0v) is 13.3. The van der Waals surface area contributed by atoms with E-state index in [2.05, 4.69) is 25.8 Å². The van der Waals surface area contributed by atoms with Crippen LogP contribution < -0.4 is 9.80 Å². The van der Waals surface area contributed by atoms with Crippen LogP contribution in [0.15, 0.2) is 12.4 Å². The van der Waals surface area contributed by atoms with Crippen molar-refractivity contribution in [1.29, 1.82) is 0 Å². The topological polar surface area (TPSA) is 61.7 Å². The van der Waals surface area contributed by atoms with Crippen molar-refractivity contribution in [2.45, 2.75) is 31.8 Å². The molecule has 2 saturated heterocycles. The monoisotopic (exact) mass is 306 g/mol. The first-order valence-corrected chi connectivity index (χ1v) is 8.25. The molecule has 0 radical (unpaired) electrons. The van der Waals surface area contributed by atoms with E-state index in [1.54, 1.807) is 13.4 Å². The number of hydrogen-bond acceptors (Lipinski definition) is 6. The van der Waals surface area contributed by atoms with Gasteiger partial charge in [-0.2, -0.15) is 0 Å². The van der Waals surface area contributed by atoms with Crippen LogP contribution >= 0.6 is 0 Å². The molecular weight excluding hydrogens is 280 g/mol. The molecule has 0 spiro atoms. The van der Waals surface area contributed by atoms with E-state index in [4.69, 9.17) is 4.74 Å². The van der Waals surface area contributed by atoms with Crippen LogP contribution in [0, 0.1) is 5.92 Å². The summed E-state index contributed by atoms with van der Waals surface area (Å²) in [6.07, 6.45) is 5.46. The SMILES string of the molecule is COCC1CCN(c2cc(N3CCC(O)CC3)ncn2)CC1. The lowest BCUT2D eigenvalue weighted by atomic mass is 9.98. The Bertz CT molecular complexity index is 469. The van der Waals surface area contributed by atoms with Crippen molar-refractivity contribution in [2.75, 3.05) is 49.7 Å². The molecule has 3 rings (SSSR count). The second-order valence-corrected chi connectivity index (χ2v) is 6.34. The number of nitrogens with zero attached hydrogens (tertiary/aromatic N) is 4. The Kier molecular flexibility index (Phi) is 5.10. The van der Waals surface area contributed by atoms with Gasteiger partial charge in [0.25, 0.3) is 0 Å². The van der Waals surface area contributed by atoms with E-state index >= 15 is 0 Å². The summed E-state index contributed by atoms with van der Waals surface area (Å²) in [6, 6.07) is 2.09. The van der Waals surface area contributed by atoms with Crippen molar-refractivity contribution in [3.63, 3.8) is 0 Å². The fourth-order valence-electron chi connectivity index (χ4n) is 3.34. The molecule has 3 heterocycles. The zero-order valence-electron chi connectivity index (χ0n) is 13.3. The standard InChI is InChI=1S/C16H26N4O2/c1-22-11-13-2-6-19(7-3-13)15-10-16(18-12-17-15)20-8-4-14(21)5-9-20/h10,12-14,21H,2-9,11H2,1H3. The summed E-state index contributed by atoms with van der Waals surface area (Å²) in [5.74, 6) is 2.68. The van der Waals surface area contributed by atoms with Gasteiger partial charge in [0, 0.05) is 46.0 Å². The summed E-state index contributed by atoms with van der Waals surface area (Å²) in [4.78, 5) is 13.5. The number of hydrogen-bond donors (Lipinski definition) is 1. The minimum absolute atomic E-state index is 0.155. The van der Waals surface area contributed by atoms with Gasteiger partial charge in [-0.15, -0.1) is 0 Å². The molecule has 0 atom stereocenters. The molecule has 122 valence electrons. The summed E-state index contributed by atoms with van der Waals surface area (Å²) in [5, 5.41) is 9.62. The second kappa shape index (κ2) is 7.24. The maximum atomic E-state index is 9.62. The molecule has 2 aliphatic heterocycles. The highest BCUT2D eigenvalue weighted by molar-refractivity contribution is 5.50. The van der Waals surface area contributed by atoms with E-state index in [1.807, 2.05) is 0 Å². The van der Waals surface area contributed by atoms with Gasteiger partial charge in [-0.3, -0.25) is 0 Å². The van der Waals surface area contributed by atoms with E-state index in [9.17, 15) is 5.11 Å². The number of ether oxygens (including phenoxy) is 1. The van der Waals surface area contributed by atoms with Gasteiger partial charge in [0.1, 0.15) is 18.0 Å². The lowest BCUT2D eigenvalue weighted by Gasteiger charge is -2.34. The molecule has 2 aliphatic rings. The van der Waals surface area contributed by atoms with Crippen molar-refractivity contribution >= 4 is 11.6 Å². The molecule has 1 aromatic heterocycles. The molecule has 0 amide bonds. The van der Waals surface area contributed by atoms with Crippen LogP contribution in [-0.4, -0.2) is 61.1 Å². The first-order chi connectivity index (χ1) is 10.8. The van der Waals surface area contributed by atoms with Crippen LogP contribution in [0.4, 0.5) is 11.6 Å². The van der Waals surface area contributed by atoms with E-state index in [1.165, 1.54) is 0 Å². The highest BCUT2D eigenvalue weighted by Crippen LogP contribution is 2.25. The molecule has 0 bridgehead atoms. The first-order valence-electron chi connectivity index (χ1n) is 8.25. The summed E-state index contributed by atoms with van der Waals surface area (Å²) in [5.41, 5.74) is 0. The van der Waals surface area contributed by atoms with Crippen LogP contribution in [0.3, 0.4) is 0 Å². The van der Waals surface area contributed by atoms with Crippen LogP contribution in [-0.2, 0) is 4.74 Å². The summed E-state index contributed by atoms with van der Waals surface area (Å²) in [7, 11) is 1.78. The maximum absolute atomic E-state index is 9.62. The van der Waals surface area contributed by atoms with E-state index in [0.29, 0.717) is 5.92 Å². The highest BCUT2D eigenvalue weighted by atomic mass is 16.5. The van der Waals surface area contributed by atoms with Crippen molar-refractivity contribution < 1.29 is 9.84 Å². The Morgan fingerprint density at radius 3 is 2.14 bits per heavy atom. The predicted octanol–water partition coefficient (Wildman–Crippen LogP) is 1.30. The third-order valence-corrected chi connectivity index (χ3v) is 4.77. The lowest BCUT2D eigenvalue weighted by molar-refractivity contribution is 0.139. The quantitative estimate of drug-likeness (QED) is 0.905. The Labute approximate surface area is 132 Å². The largest absolute Gasteiger partial charge is 0.393 e. The molecule has 6 heteroatoms. The van der Waals surface area contributed by atoms with Crippen molar-refractivity contribution in [2.24, 2.45) is 5.92 Å². The average Bonchev–Trinajstić information content (AvgIpc) is 2.57. The number of aliphatic hydroxyl groups is 1. The van der Waals surface area contributed by atoms with Crippen molar-refractivity contribution in [3.8, 4) is 0 Å². The Hall–Kier alpha value is -1.40. The van der Waals surface area contributed by atoms with Gasteiger partial charge in [-0.1, -0.05) is 0 Å². The highest BCUT2D eigenvalue weighted by Gasteiger charge is 2.22. The summed E-state index contributed by atoms with van der Waals surface area (Å²) < 4.78 is 5.26. The smallest absolute Gasteiger partial charge is 0.134 e. The van der Waals surface area contributed by atoms with Gasteiger partial charge < -0.3 is 19.6 Å². The van der Waals surface area contributed by atoms with E-state index in [0.717, 1.165) is 70.1 Å². The van der Waals surface area contributed by atoms with Gasteiger partial charge in [0.05, 0.1) is 6.10 Å². The van der Waals surface area contributed by atoms with Crippen LogP contribution in [0.25, 0.3) is 0 Å². The molecule has 0 aliphatic carbocycles. The lowest BCUT2D eigenvalue weighted by Crippen LogP contribution is -2.37. The molecule has 0 saturated carbocycles. The fraction of sp³-hybridized carbons (Fsp3) is 0.750. The van der Waals surface area contributed by atoms with Crippen molar-refractivity contribution in [1.82, 2.24) is 9.97 Å². The molecule has 6 nitrogen and oxygen atoms in total. The number of aromatic nitrogens is 2. The Morgan fingerprint density at radius 1 is 1.05 bits per heavy atom. The van der Waals surface area contributed by atoms with Gasteiger partial charge >= 0.3 is 0 Å². The molecule has 0 aromatic carbocycles. The average molecular weight is 306 g/mol. The molecule has 1 N–H and O–H groups in total. The minimum atomic E-state index is -0.155. The number of rotatable bonds is 4. The summed E-state index contributed by atoms with van der Waals surface area (Å²) in [6.45, 7) is 4.66. The van der Waals surface area contributed by atoms with Gasteiger partial charge in [-0.05, 0) is 31.6 Å². The number of aliphatic hydroxyl groups excluding tert-OH is 1. The number of piperidine rings is 2. The maximum Gasteiger partial charge on any atom is 0.134 e. The summed E-state index contributed by atoms with van der Waals surface area (Å²) >= 11 is 0. The first kappa shape index (κ1) is 15.5. The molecule has 0 unspecified atom stereocenters. The Balaban J connectivity index is 1.62. The second-order valence-electron chi connectivity index (χ2n) is 6.34. The molecular formula is C16H26N4O2. The molecule has 2 fully saturated rings. The van der Waals surface area contributed by atoms with Gasteiger partial charge in [0.15, 0.2) is 0 Å². The normalized spacial score (nSPS) is 21.4. The van der Waals surface area contributed by atoms with Crippen LogP contribution in [0.1, 0.15) is 25.7 Å². The Morgan fingerprint density at radius 2 is 1.59 bits per heavy atom. The minimum Gasteiger partial charge on any atom is -0.393 e. The van der Waals surface area contributed by atoms with Crippen LogP contribution in [0.2, 0.25) is 0 Å². The van der Waals surface area contributed by atoms with Crippen molar-refractivity contribution in [3.05, 3.63) is 12.4 Å². The van der Waals surface area contributed by atoms with E-state index < -0.39 is 0 Å². The number of methoxy groups -OCH3 is 1. The third kappa shape index (κ3) is 3.67.